The first-order valence-electron chi connectivity index (χ1n) is 9.48. The van der Waals surface area contributed by atoms with Gasteiger partial charge in [0.2, 0.25) is 0 Å². The van der Waals surface area contributed by atoms with Crippen molar-refractivity contribution in [3.8, 4) is 11.5 Å². The molecule has 0 saturated carbocycles. The topological polar surface area (TPSA) is 47.6 Å². The zero-order valence-corrected chi connectivity index (χ0v) is 17.1. The lowest BCUT2D eigenvalue weighted by Gasteiger charge is -2.38. The fraction of sp³-hybridized carbons (Fsp3) is 0.435. The number of hydrogen-bond acceptors (Lipinski definition) is 3. The van der Waals surface area contributed by atoms with E-state index < -0.39 is 6.10 Å². The maximum atomic E-state index is 12.8. The van der Waals surface area contributed by atoms with Gasteiger partial charge < -0.3 is 14.8 Å². The van der Waals surface area contributed by atoms with Gasteiger partial charge in [0.05, 0.1) is 6.04 Å². The standard InChI is InChI=1S/C23H29NO3/c1-14-8-10-20-18(11-14)19(13-23(5,6)27-20)24-22(25)17(4)26-21-12-15(2)7-9-16(21)3/h7-12,17,19H,13H2,1-6H3,(H,24,25)/t17-,19-/m0/s1. The largest absolute Gasteiger partial charge is 0.487 e. The summed E-state index contributed by atoms with van der Waals surface area (Å²) in [5, 5.41) is 3.17. The van der Waals surface area contributed by atoms with Crippen molar-refractivity contribution in [1.82, 2.24) is 5.32 Å². The third kappa shape index (κ3) is 4.44. The van der Waals surface area contributed by atoms with Crippen LogP contribution in [0.4, 0.5) is 0 Å². The van der Waals surface area contributed by atoms with Crippen molar-refractivity contribution in [2.45, 2.75) is 65.7 Å². The van der Waals surface area contributed by atoms with Crippen molar-refractivity contribution in [3.63, 3.8) is 0 Å². The molecule has 0 unspecified atom stereocenters. The first-order valence-corrected chi connectivity index (χ1v) is 9.48. The van der Waals surface area contributed by atoms with Gasteiger partial charge in [0, 0.05) is 12.0 Å². The molecule has 4 nitrogen and oxygen atoms in total. The van der Waals surface area contributed by atoms with Crippen LogP contribution in [0.2, 0.25) is 0 Å². The van der Waals surface area contributed by atoms with Crippen LogP contribution in [0.3, 0.4) is 0 Å². The summed E-state index contributed by atoms with van der Waals surface area (Å²) in [6, 6.07) is 12.0. The van der Waals surface area contributed by atoms with Crippen molar-refractivity contribution < 1.29 is 14.3 Å². The second kappa shape index (κ2) is 7.26. The molecule has 0 fully saturated rings. The Balaban J connectivity index is 1.77. The molecule has 0 radical (unpaired) electrons. The summed E-state index contributed by atoms with van der Waals surface area (Å²) in [6.07, 6.45) is 0.135. The monoisotopic (exact) mass is 367 g/mol. The van der Waals surface area contributed by atoms with Crippen LogP contribution in [0.15, 0.2) is 36.4 Å². The minimum Gasteiger partial charge on any atom is -0.487 e. The highest BCUT2D eigenvalue weighted by Gasteiger charge is 2.35. The molecular weight excluding hydrogens is 338 g/mol. The zero-order valence-electron chi connectivity index (χ0n) is 17.1. The summed E-state index contributed by atoms with van der Waals surface area (Å²) in [5.41, 5.74) is 3.97. The number of carbonyl (C=O) groups is 1. The molecule has 27 heavy (non-hydrogen) atoms. The van der Waals surface area contributed by atoms with Crippen molar-refractivity contribution in [2.24, 2.45) is 0 Å². The summed E-state index contributed by atoms with van der Waals surface area (Å²) in [4.78, 5) is 12.8. The molecule has 0 saturated heterocycles. The van der Waals surface area contributed by atoms with Gasteiger partial charge in [-0.25, -0.2) is 0 Å². The molecule has 1 amide bonds. The van der Waals surface area contributed by atoms with Crippen molar-refractivity contribution in [2.75, 3.05) is 0 Å². The highest BCUT2D eigenvalue weighted by atomic mass is 16.5. The van der Waals surface area contributed by atoms with E-state index in [0.29, 0.717) is 6.42 Å². The lowest BCUT2D eigenvalue weighted by molar-refractivity contribution is -0.128. The predicted octanol–water partition coefficient (Wildman–Crippen LogP) is 4.80. The number of aryl methyl sites for hydroxylation is 3. The molecule has 0 bridgehead atoms. The average Bonchev–Trinajstić information content (AvgIpc) is 2.58. The highest BCUT2D eigenvalue weighted by Crippen LogP contribution is 2.40. The van der Waals surface area contributed by atoms with Crippen LogP contribution in [0.1, 0.15) is 55.5 Å². The van der Waals surface area contributed by atoms with Crippen molar-refractivity contribution in [1.29, 1.82) is 0 Å². The third-order valence-corrected chi connectivity index (χ3v) is 4.96. The Kier molecular flexibility index (Phi) is 5.18. The Morgan fingerprint density at radius 3 is 2.56 bits per heavy atom. The number of ether oxygens (including phenoxy) is 2. The van der Waals surface area contributed by atoms with Gasteiger partial charge in [-0.05, 0) is 64.8 Å². The Bertz CT molecular complexity index is 857. The predicted molar refractivity (Wildman–Crippen MR) is 107 cm³/mol. The molecule has 0 aliphatic carbocycles. The fourth-order valence-corrected chi connectivity index (χ4v) is 3.47. The third-order valence-electron chi connectivity index (χ3n) is 4.96. The van der Waals surface area contributed by atoms with Gasteiger partial charge >= 0.3 is 0 Å². The molecule has 1 heterocycles. The van der Waals surface area contributed by atoms with Gasteiger partial charge in [0.25, 0.3) is 5.91 Å². The number of rotatable bonds is 4. The summed E-state index contributed by atoms with van der Waals surface area (Å²) >= 11 is 0. The minimum absolute atomic E-state index is 0.0965. The van der Waals surface area contributed by atoms with Crippen molar-refractivity contribution >= 4 is 5.91 Å². The Hall–Kier alpha value is -2.49. The van der Waals surface area contributed by atoms with E-state index in [0.717, 1.165) is 33.8 Å². The van der Waals surface area contributed by atoms with Gasteiger partial charge in [0.1, 0.15) is 17.1 Å². The number of hydrogen-bond donors (Lipinski definition) is 1. The first-order chi connectivity index (χ1) is 12.6. The number of fused-ring (bicyclic) bond motifs is 1. The summed E-state index contributed by atoms with van der Waals surface area (Å²) < 4.78 is 12.0. The number of carbonyl (C=O) groups excluding carboxylic acids is 1. The molecule has 2 aromatic rings. The van der Waals surface area contributed by atoms with Gasteiger partial charge in [-0.1, -0.05) is 29.8 Å². The van der Waals surface area contributed by atoms with Crippen LogP contribution in [0.5, 0.6) is 11.5 Å². The SMILES string of the molecule is Cc1ccc(C)c(O[C@@H](C)C(=O)N[C@H]2CC(C)(C)Oc3ccc(C)cc32)c1. The highest BCUT2D eigenvalue weighted by molar-refractivity contribution is 5.81. The van der Waals surface area contributed by atoms with E-state index in [2.05, 4.69) is 11.4 Å². The summed E-state index contributed by atoms with van der Waals surface area (Å²) in [7, 11) is 0. The van der Waals surface area contributed by atoms with Gasteiger partial charge in [-0.3, -0.25) is 4.79 Å². The quantitative estimate of drug-likeness (QED) is 0.844. The van der Waals surface area contributed by atoms with Crippen LogP contribution in [0.25, 0.3) is 0 Å². The van der Waals surface area contributed by atoms with Crippen LogP contribution in [-0.2, 0) is 4.79 Å². The first kappa shape index (κ1) is 19.3. The maximum Gasteiger partial charge on any atom is 0.261 e. The van der Waals surface area contributed by atoms with E-state index in [1.807, 2.05) is 65.0 Å². The Morgan fingerprint density at radius 2 is 1.81 bits per heavy atom. The summed E-state index contributed by atoms with van der Waals surface area (Å²) in [5.74, 6) is 1.47. The normalized spacial score (nSPS) is 18.8. The molecule has 0 spiro atoms. The molecule has 1 aliphatic heterocycles. The van der Waals surface area contributed by atoms with E-state index in [1.54, 1.807) is 6.92 Å². The van der Waals surface area contributed by atoms with E-state index in [-0.39, 0.29) is 17.6 Å². The average molecular weight is 367 g/mol. The number of nitrogens with one attached hydrogen (secondary N) is 1. The molecule has 1 N–H and O–H groups in total. The second-order valence-electron chi connectivity index (χ2n) is 8.20. The van der Waals surface area contributed by atoms with Gasteiger partial charge in [0.15, 0.2) is 6.10 Å². The van der Waals surface area contributed by atoms with Gasteiger partial charge in [-0.2, -0.15) is 0 Å². The smallest absolute Gasteiger partial charge is 0.261 e. The maximum absolute atomic E-state index is 12.8. The Labute approximate surface area is 161 Å². The van der Waals surface area contributed by atoms with E-state index in [9.17, 15) is 4.79 Å². The molecule has 2 aromatic carbocycles. The van der Waals surface area contributed by atoms with Gasteiger partial charge in [-0.15, -0.1) is 0 Å². The lowest BCUT2D eigenvalue weighted by atomic mass is 9.89. The number of amides is 1. The van der Waals surface area contributed by atoms with Crippen LogP contribution >= 0.6 is 0 Å². The van der Waals surface area contributed by atoms with Crippen LogP contribution in [0, 0.1) is 20.8 Å². The minimum atomic E-state index is -0.579. The van der Waals surface area contributed by atoms with Crippen molar-refractivity contribution in [3.05, 3.63) is 58.7 Å². The zero-order chi connectivity index (χ0) is 19.8. The molecule has 0 aromatic heterocycles. The van der Waals surface area contributed by atoms with E-state index in [1.165, 1.54) is 0 Å². The molecule has 144 valence electrons. The molecule has 3 rings (SSSR count). The lowest BCUT2D eigenvalue weighted by Crippen LogP contribution is -2.44. The number of benzene rings is 2. The molecule has 2 atom stereocenters. The molecule has 4 heteroatoms. The molecular formula is C23H29NO3. The van der Waals surface area contributed by atoms with Crippen LogP contribution < -0.4 is 14.8 Å². The van der Waals surface area contributed by atoms with Crippen LogP contribution in [-0.4, -0.2) is 17.6 Å². The summed E-state index contributed by atoms with van der Waals surface area (Å²) in [6.45, 7) is 11.9. The fourth-order valence-electron chi connectivity index (χ4n) is 3.47. The van der Waals surface area contributed by atoms with E-state index in [4.69, 9.17) is 9.47 Å². The second-order valence-corrected chi connectivity index (χ2v) is 8.20. The Morgan fingerprint density at radius 1 is 1.15 bits per heavy atom. The van der Waals surface area contributed by atoms with E-state index >= 15 is 0 Å². The molecule has 1 aliphatic rings.